The first-order valence-electron chi connectivity index (χ1n) is 6.30. The summed E-state index contributed by atoms with van der Waals surface area (Å²) in [4.78, 5) is 15.1. The third-order valence-electron chi connectivity index (χ3n) is 2.99. The predicted octanol–water partition coefficient (Wildman–Crippen LogP) is 2.94. The molecule has 0 unspecified atom stereocenters. The highest BCUT2D eigenvalue weighted by Crippen LogP contribution is 2.24. The molecule has 0 fully saturated rings. The first kappa shape index (κ1) is 14.3. The van der Waals surface area contributed by atoms with Gasteiger partial charge in [-0.05, 0) is 18.6 Å². The average molecular weight is 290 g/mol. The van der Waals surface area contributed by atoms with Gasteiger partial charge in [0.25, 0.3) is 0 Å². The molecule has 0 saturated carbocycles. The van der Waals surface area contributed by atoms with Gasteiger partial charge in [0.15, 0.2) is 0 Å². The summed E-state index contributed by atoms with van der Waals surface area (Å²) in [5, 5.41) is 3.72. The molecule has 5 heteroatoms. The van der Waals surface area contributed by atoms with Crippen molar-refractivity contribution in [1.82, 2.24) is 4.98 Å². The van der Waals surface area contributed by atoms with Crippen LogP contribution in [0.25, 0.3) is 0 Å². The molecular weight excluding hydrogens is 274 g/mol. The monoisotopic (exact) mass is 289 g/mol. The number of anilines is 1. The smallest absolute Gasteiger partial charge is 0.221 e. The maximum Gasteiger partial charge on any atom is 0.221 e. The van der Waals surface area contributed by atoms with E-state index in [1.807, 2.05) is 37.3 Å². The Morgan fingerprint density at radius 2 is 2.10 bits per heavy atom. The molecule has 2 aromatic rings. The molecule has 0 bridgehead atoms. The van der Waals surface area contributed by atoms with Crippen LogP contribution in [0.5, 0.6) is 0 Å². The summed E-state index contributed by atoms with van der Waals surface area (Å²) in [7, 11) is 0. The molecule has 1 heterocycles. The van der Waals surface area contributed by atoms with Crippen molar-refractivity contribution in [2.24, 2.45) is 5.73 Å². The van der Waals surface area contributed by atoms with Crippen LogP contribution in [-0.2, 0) is 11.2 Å². The fourth-order valence-electron chi connectivity index (χ4n) is 1.98. The summed E-state index contributed by atoms with van der Waals surface area (Å²) < 4.78 is 0. The van der Waals surface area contributed by atoms with Crippen LogP contribution in [0.15, 0.2) is 42.6 Å². The highest BCUT2D eigenvalue weighted by Gasteiger charge is 2.11. The van der Waals surface area contributed by atoms with Gasteiger partial charge in [0.1, 0.15) is 5.15 Å². The molecule has 104 valence electrons. The summed E-state index contributed by atoms with van der Waals surface area (Å²) in [5.41, 5.74) is 7.91. The minimum Gasteiger partial charge on any atom is -0.378 e. The highest BCUT2D eigenvalue weighted by atomic mass is 35.5. The molecule has 0 aliphatic carbocycles. The minimum absolute atomic E-state index is 0.0845. The molecule has 0 saturated heterocycles. The molecule has 2 rings (SSSR count). The first-order valence-corrected chi connectivity index (χ1v) is 6.68. The lowest BCUT2D eigenvalue weighted by Crippen LogP contribution is -2.16. The zero-order valence-corrected chi connectivity index (χ0v) is 11.9. The molecule has 20 heavy (non-hydrogen) atoms. The summed E-state index contributed by atoms with van der Waals surface area (Å²) in [5.74, 6) is -0.399. The third-order valence-corrected chi connectivity index (χ3v) is 3.20. The number of amides is 1. The molecule has 0 radical (unpaired) electrons. The van der Waals surface area contributed by atoms with Crippen molar-refractivity contribution in [2.75, 3.05) is 5.32 Å². The van der Waals surface area contributed by atoms with Gasteiger partial charge < -0.3 is 11.1 Å². The summed E-state index contributed by atoms with van der Waals surface area (Å²) in [6, 6.07) is 11.8. The fraction of sp³-hybridized carbons (Fsp3) is 0.200. The van der Waals surface area contributed by atoms with E-state index in [2.05, 4.69) is 10.3 Å². The van der Waals surface area contributed by atoms with E-state index in [9.17, 15) is 4.79 Å². The molecule has 0 aliphatic rings. The van der Waals surface area contributed by atoms with Crippen LogP contribution in [0.2, 0.25) is 5.15 Å². The van der Waals surface area contributed by atoms with Crippen molar-refractivity contribution in [3.05, 3.63) is 58.9 Å². The van der Waals surface area contributed by atoms with Gasteiger partial charge in [0.2, 0.25) is 5.91 Å². The summed E-state index contributed by atoms with van der Waals surface area (Å²) in [6.07, 6.45) is 1.71. The van der Waals surface area contributed by atoms with Gasteiger partial charge in [-0.1, -0.05) is 41.9 Å². The Morgan fingerprint density at radius 1 is 1.40 bits per heavy atom. The molecule has 1 aromatic heterocycles. The minimum atomic E-state index is -0.399. The Kier molecular flexibility index (Phi) is 4.58. The lowest BCUT2D eigenvalue weighted by molar-refractivity contribution is -0.117. The second-order valence-corrected chi connectivity index (χ2v) is 4.97. The molecule has 4 nitrogen and oxygen atoms in total. The van der Waals surface area contributed by atoms with Crippen LogP contribution in [0.4, 0.5) is 5.69 Å². The number of nitrogens with zero attached hydrogens (tertiary/aromatic N) is 1. The van der Waals surface area contributed by atoms with Gasteiger partial charge in [0.05, 0.1) is 6.42 Å². The van der Waals surface area contributed by atoms with Crippen LogP contribution in [-0.4, -0.2) is 10.9 Å². The number of nitrogens with one attached hydrogen (secondary N) is 1. The van der Waals surface area contributed by atoms with Crippen molar-refractivity contribution in [1.29, 1.82) is 0 Å². The third kappa shape index (κ3) is 3.71. The van der Waals surface area contributed by atoms with Gasteiger partial charge in [-0.25, -0.2) is 4.98 Å². The second kappa shape index (κ2) is 6.39. The van der Waals surface area contributed by atoms with Crippen LogP contribution in [0, 0.1) is 0 Å². The second-order valence-electron chi connectivity index (χ2n) is 4.58. The average Bonchev–Trinajstić information content (AvgIpc) is 2.42. The molecule has 0 spiro atoms. The number of carbonyl (C=O) groups excluding carboxylic acids is 1. The number of nitrogens with two attached hydrogens (primary N) is 1. The molecule has 1 aromatic carbocycles. The Balaban J connectivity index is 2.23. The van der Waals surface area contributed by atoms with E-state index in [1.165, 1.54) is 0 Å². The number of rotatable bonds is 5. The lowest BCUT2D eigenvalue weighted by atomic mass is 10.1. The molecule has 3 N–H and O–H groups in total. The van der Waals surface area contributed by atoms with Crippen molar-refractivity contribution >= 4 is 23.2 Å². The number of halogens is 1. The number of hydrogen-bond donors (Lipinski definition) is 2. The zero-order valence-electron chi connectivity index (χ0n) is 11.1. The van der Waals surface area contributed by atoms with Crippen LogP contribution in [0.1, 0.15) is 24.1 Å². The van der Waals surface area contributed by atoms with Gasteiger partial charge in [-0.3, -0.25) is 4.79 Å². The Morgan fingerprint density at radius 3 is 2.75 bits per heavy atom. The number of carbonyl (C=O) groups is 1. The maximum absolute atomic E-state index is 11.1. The van der Waals surface area contributed by atoms with Crippen LogP contribution < -0.4 is 11.1 Å². The van der Waals surface area contributed by atoms with Crippen molar-refractivity contribution in [3.63, 3.8) is 0 Å². The standard InChI is InChI=1S/C15H16ClN3O/c1-10(11-5-3-2-4-6-11)19-13-8-14(16)18-9-12(13)7-15(17)20/h2-6,8-10H,7H2,1H3,(H2,17,20)(H,18,19)/t10-/m0/s1. The van der Waals surface area contributed by atoms with E-state index in [-0.39, 0.29) is 12.5 Å². The molecule has 0 aliphatic heterocycles. The predicted molar refractivity (Wildman–Crippen MR) is 80.6 cm³/mol. The topological polar surface area (TPSA) is 68.0 Å². The van der Waals surface area contributed by atoms with Gasteiger partial charge >= 0.3 is 0 Å². The number of pyridine rings is 1. The van der Waals surface area contributed by atoms with E-state index >= 15 is 0 Å². The maximum atomic E-state index is 11.1. The van der Waals surface area contributed by atoms with Crippen LogP contribution in [0.3, 0.4) is 0 Å². The first-order chi connectivity index (χ1) is 9.56. The number of hydrogen-bond acceptors (Lipinski definition) is 3. The SMILES string of the molecule is C[C@H](Nc1cc(Cl)ncc1CC(N)=O)c1ccccc1. The number of aromatic nitrogens is 1. The number of benzene rings is 1. The van der Waals surface area contributed by atoms with E-state index in [1.54, 1.807) is 12.3 Å². The van der Waals surface area contributed by atoms with E-state index in [0.717, 1.165) is 16.8 Å². The molecule has 1 amide bonds. The summed E-state index contributed by atoms with van der Waals surface area (Å²) in [6.45, 7) is 2.04. The lowest BCUT2D eigenvalue weighted by Gasteiger charge is -2.18. The van der Waals surface area contributed by atoms with Crippen LogP contribution >= 0.6 is 11.6 Å². The zero-order chi connectivity index (χ0) is 14.5. The molecule has 1 atom stereocenters. The Bertz CT molecular complexity index is 601. The highest BCUT2D eigenvalue weighted by molar-refractivity contribution is 6.29. The van der Waals surface area contributed by atoms with E-state index < -0.39 is 5.91 Å². The number of primary amides is 1. The van der Waals surface area contributed by atoms with E-state index in [0.29, 0.717) is 5.15 Å². The normalized spacial score (nSPS) is 11.9. The van der Waals surface area contributed by atoms with Crippen molar-refractivity contribution in [3.8, 4) is 0 Å². The Hall–Kier alpha value is -2.07. The fourth-order valence-corrected chi connectivity index (χ4v) is 2.14. The van der Waals surface area contributed by atoms with Gasteiger partial charge in [0, 0.05) is 23.5 Å². The summed E-state index contributed by atoms with van der Waals surface area (Å²) >= 11 is 5.92. The Labute approximate surface area is 123 Å². The van der Waals surface area contributed by atoms with Gasteiger partial charge in [-0.15, -0.1) is 0 Å². The molecular formula is C15H16ClN3O. The quantitative estimate of drug-likeness (QED) is 0.832. The van der Waals surface area contributed by atoms with Crippen molar-refractivity contribution < 1.29 is 4.79 Å². The van der Waals surface area contributed by atoms with Crippen molar-refractivity contribution in [2.45, 2.75) is 19.4 Å². The largest absolute Gasteiger partial charge is 0.378 e. The van der Waals surface area contributed by atoms with E-state index in [4.69, 9.17) is 17.3 Å². The van der Waals surface area contributed by atoms with Gasteiger partial charge in [-0.2, -0.15) is 0 Å².